The molecule has 0 radical (unpaired) electrons. The zero-order chi connectivity index (χ0) is 19.0. The van der Waals surface area contributed by atoms with E-state index in [9.17, 15) is 13.6 Å². The molecule has 0 spiro atoms. The van der Waals surface area contributed by atoms with Crippen LogP contribution in [-0.4, -0.2) is 46.1 Å². The molecule has 3 heterocycles. The Kier molecular flexibility index (Phi) is 5.37. The van der Waals surface area contributed by atoms with Gasteiger partial charge in [-0.15, -0.1) is 0 Å². The van der Waals surface area contributed by atoms with E-state index in [4.69, 9.17) is 0 Å². The zero-order valence-corrected chi connectivity index (χ0v) is 16.0. The van der Waals surface area contributed by atoms with Gasteiger partial charge in [0.15, 0.2) is 0 Å². The van der Waals surface area contributed by atoms with E-state index in [-0.39, 0.29) is 17.9 Å². The topological polar surface area (TPSA) is 50.2 Å². The van der Waals surface area contributed by atoms with Gasteiger partial charge < -0.3 is 10.2 Å². The van der Waals surface area contributed by atoms with Gasteiger partial charge in [0, 0.05) is 31.1 Å². The van der Waals surface area contributed by atoms with Crippen molar-refractivity contribution < 1.29 is 13.6 Å². The molecule has 1 aromatic heterocycles. The van der Waals surface area contributed by atoms with Crippen LogP contribution in [0.25, 0.3) is 0 Å². The summed E-state index contributed by atoms with van der Waals surface area (Å²) in [6, 6.07) is 0.925. The van der Waals surface area contributed by atoms with Crippen LogP contribution < -0.4 is 5.32 Å². The predicted molar refractivity (Wildman–Crippen MR) is 99.9 cm³/mol. The molecule has 0 bridgehead atoms. The highest BCUT2D eigenvalue weighted by Crippen LogP contribution is 2.37. The van der Waals surface area contributed by atoms with Gasteiger partial charge in [0.25, 0.3) is 6.43 Å². The molecule has 1 aromatic rings. The molecule has 1 saturated heterocycles. The molecular formula is C20H30F2N4O. The number of aromatic nitrogens is 2. The van der Waals surface area contributed by atoms with Crippen molar-refractivity contribution in [2.75, 3.05) is 18.4 Å². The second-order valence-electron chi connectivity index (χ2n) is 8.53. The molecule has 1 aliphatic carbocycles. The number of hydrogen-bond donors (Lipinski definition) is 1. The number of carbonyl (C=O) groups is 1. The van der Waals surface area contributed by atoms with Crippen LogP contribution >= 0.6 is 0 Å². The monoisotopic (exact) mass is 380 g/mol. The first-order chi connectivity index (χ1) is 13.0. The smallest absolute Gasteiger partial charge is 0.260 e. The van der Waals surface area contributed by atoms with Crippen LogP contribution in [0.4, 0.5) is 14.6 Å². The summed E-state index contributed by atoms with van der Waals surface area (Å²) in [7, 11) is 0. The van der Waals surface area contributed by atoms with Gasteiger partial charge in [-0.3, -0.25) is 4.79 Å². The summed E-state index contributed by atoms with van der Waals surface area (Å²) in [6.07, 6.45) is 5.42. The summed E-state index contributed by atoms with van der Waals surface area (Å²) in [6.45, 7) is 3.33. The molecule has 3 aliphatic rings. The largest absolute Gasteiger partial charge is 0.367 e. The number of aryl methyl sites for hydroxylation is 1. The third kappa shape index (κ3) is 3.83. The minimum atomic E-state index is -2.43. The van der Waals surface area contributed by atoms with Gasteiger partial charge in [-0.2, -0.15) is 5.10 Å². The molecule has 0 aromatic carbocycles. The van der Waals surface area contributed by atoms with E-state index in [0.717, 1.165) is 50.8 Å². The van der Waals surface area contributed by atoms with Gasteiger partial charge in [0.1, 0.15) is 11.9 Å². The Morgan fingerprint density at radius 2 is 2.00 bits per heavy atom. The highest BCUT2D eigenvalue weighted by atomic mass is 19.3. The number of rotatable bonds is 3. The number of amides is 1. The predicted octanol–water partition coefficient (Wildman–Crippen LogP) is 4.00. The number of likely N-dealkylation sites (tertiary alicyclic amines) is 1. The molecule has 3 atom stereocenters. The second-order valence-corrected chi connectivity index (χ2v) is 8.53. The van der Waals surface area contributed by atoms with Gasteiger partial charge in [-0.1, -0.05) is 19.3 Å². The lowest BCUT2D eigenvalue weighted by atomic mass is 9.84. The van der Waals surface area contributed by atoms with Crippen molar-refractivity contribution in [2.24, 2.45) is 11.8 Å². The lowest BCUT2D eigenvalue weighted by Crippen LogP contribution is -2.49. The number of fused-ring (bicyclic) bond motifs is 1. The summed E-state index contributed by atoms with van der Waals surface area (Å²) >= 11 is 0. The standard InChI is InChI=1S/C20H30F2N4O/c1-13-10-18-23-16(11-17(19(21)22)26(18)24-13)15-8-5-9-25(12-15)20(27)14-6-3-2-4-7-14/h10,14-17,19,23H,2-9,11-12H2,1H3/t15?,16-,17+/m0/s1. The van der Waals surface area contributed by atoms with Crippen molar-refractivity contribution >= 4 is 11.7 Å². The van der Waals surface area contributed by atoms with Crippen LogP contribution in [0.1, 0.15) is 63.1 Å². The van der Waals surface area contributed by atoms with Crippen LogP contribution in [0.5, 0.6) is 0 Å². The van der Waals surface area contributed by atoms with E-state index in [2.05, 4.69) is 10.4 Å². The minimum absolute atomic E-state index is 0.0328. The molecular weight excluding hydrogens is 350 g/mol. The normalized spacial score (nSPS) is 29.5. The van der Waals surface area contributed by atoms with Crippen molar-refractivity contribution in [3.8, 4) is 0 Å². The maximum atomic E-state index is 13.6. The second kappa shape index (κ2) is 7.76. The summed E-state index contributed by atoms with van der Waals surface area (Å²) in [4.78, 5) is 14.9. The van der Waals surface area contributed by atoms with E-state index in [1.54, 1.807) is 0 Å². The summed E-state index contributed by atoms with van der Waals surface area (Å²) < 4.78 is 28.7. The number of hydrogen-bond acceptors (Lipinski definition) is 3. The molecule has 150 valence electrons. The van der Waals surface area contributed by atoms with Crippen molar-refractivity contribution in [2.45, 2.75) is 76.8 Å². The molecule has 4 rings (SSSR count). The number of nitrogens with zero attached hydrogens (tertiary/aromatic N) is 3. The molecule has 5 nitrogen and oxygen atoms in total. The van der Waals surface area contributed by atoms with Crippen molar-refractivity contribution in [1.82, 2.24) is 14.7 Å². The van der Waals surface area contributed by atoms with Crippen molar-refractivity contribution in [3.05, 3.63) is 11.8 Å². The van der Waals surface area contributed by atoms with Crippen LogP contribution in [0.2, 0.25) is 0 Å². The quantitative estimate of drug-likeness (QED) is 0.862. The fraction of sp³-hybridized carbons (Fsp3) is 0.800. The average molecular weight is 380 g/mol. The lowest BCUT2D eigenvalue weighted by Gasteiger charge is -2.42. The summed E-state index contributed by atoms with van der Waals surface area (Å²) in [5, 5.41) is 7.69. The number of piperidine rings is 1. The highest BCUT2D eigenvalue weighted by molar-refractivity contribution is 5.79. The van der Waals surface area contributed by atoms with Crippen LogP contribution in [0.3, 0.4) is 0 Å². The molecule has 1 amide bonds. The summed E-state index contributed by atoms with van der Waals surface area (Å²) in [5.74, 6) is 1.37. The molecule has 1 unspecified atom stereocenters. The van der Waals surface area contributed by atoms with E-state index >= 15 is 0 Å². The number of nitrogens with one attached hydrogen (secondary N) is 1. The lowest BCUT2D eigenvalue weighted by molar-refractivity contribution is -0.138. The molecule has 7 heteroatoms. The van der Waals surface area contributed by atoms with Crippen LogP contribution in [0, 0.1) is 18.8 Å². The molecule has 1 N–H and O–H groups in total. The van der Waals surface area contributed by atoms with Crippen molar-refractivity contribution in [1.29, 1.82) is 0 Å². The third-order valence-electron chi connectivity index (χ3n) is 6.58. The number of anilines is 1. The Bertz CT molecular complexity index is 671. The van der Waals surface area contributed by atoms with Gasteiger partial charge in [-0.25, -0.2) is 13.5 Å². The third-order valence-corrected chi connectivity index (χ3v) is 6.58. The van der Waals surface area contributed by atoms with E-state index in [0.29, 0.717) is 24.7 Å². The highest BCUT2D eigenvalue weighted by Gasteiger charge is 2.39. The Morgan fingerprint density at radius 3 is 2.74 bits per heavy atom. The fourth-order valence-electron chi connectivity index (χ4n) is 5.15. The van der Waals surface area contributed by atoms with Crippen molar-refractivity contribution in [3.63, 3.8) is 0 Å². The maximum Gasteiger partial charge on any atom is 0.260 e. The van der Waals surface area contributed by atoms with E-state index < -0.39 is 12.5 Å². The first-order valence-corrected chi connectivity index (χ1v) is 10.4. The van der Waals surface area contributed by atoms with Gasteiger partial charge in [0.2, 0.25) is 5.91 Å². The summed E-state index contributed by atoms with van der Waals surface area (Å²) in [5.41, 5.74) is 0.751. The van der Waals surface area contributed by atoms with Gasteiger partial charge in [0.05, 0.1) is 5.69 Å². The zero-order valence-electron chi connectivity index (χ0n) is 16.0. The van der Waals surface area contributed by atoms with Gasteiger partial charge >= 0.3 is 0 Å². The molecule has 2 fully saturated rings. The Hall–Kier alpha value is -1.66. The number of halogens is 2. The number of carbonyl (C=O) groups excluding carboxylic acids is 1. The Labute approximate surface area is 159 Å². The first kappa shape index (κ1) is 18.7. The maximum absolute atomic E-state index is 13.6. The van der Waals surface area contributed by atoms with Crippen LogP contribution in [0.15, 0.2) is 6.07 Å². The van der Waals surface area contributed by atoms with E-state index in [1.165, 1.54) is 11.1 Å². The SMILES string of the molecule is Cc1cc2n(n1)[C@@H](C(F)F)C[C@@H](C1CCCN(C(=O)C3CCCCC3)C1)N2. The molecule has 1 saturated carbocycles. The van der Waals surface area contributed by atoms with E-state index in [1.807, 2.05) is 17.9 Å². The molecule has 2 aliphatic heterocycles. The molecule has 27 heavy (non-hydrogen) atoms. The fourth-order valence-corrected chi connectivity index (χ4v) is 5.15. The van der Waals surface area contributed by atoms with Gasteiger partial charge in [-0.05, 0) is 44.9 Å². The Balaban J connectivity index is 1.46. The first-order valence-electron chi connectivity index (χ1n) is 10.4. The minimum Gasteiger partial charge on any atom is -0.367 e. The average Bonchev–Trinajstić information content (AvgIpc) is 3.07. The van der Waals surface area contributed by atoms with Crippen LogP contribution in [-0.2, 0) is 4.79 Å². The Morgan fingerprint density at radius 1 is 1.22 bits per heavy atom. The number of alkyl halides is 2.